The molecule has 28 heavy (non-hydrogen) atoms. The van der Waals surface area contributed by atoms with Crippen LogP contribution in [-0.2, 0) is 20.2 Å². The smallest absolute Gasteiger partial charge is 0.394 e. The van der Waals surface area contributed by atoms with Gasteiger partial charge in [0.05, 0.1) is 12.7 Å². The number of hydrogen-bond acceptors (Lipinski definition) is 6. The molecular weight excluding hydrogens is 478 g/mol. The first-order chi connectivity index (χ1) is 11.8. The normalized spacial score (nSPS) is 15.0. The predicted octanol–water partition coefficient (Wildman–Crippen LogP) is 1.81. The monoisotopic (exact) mass is 490 g/mol. The van der Waals surface area contributed by atoms with Crippen molar-refractivity contribution in [3.63, 3.8) is 0 Å². The molecule has 20 heteroatoms. The first kappa shape index (κ1) is 31.7. The Morgan fingerprint density at radius 1 is 0.714 bits per heavy atom. The highest BCUT2D eigenvalue weighted by Gasteiger charge is 2.68. The van der Waals surface area contributed by atoms with Crippen LogP contribution in [0.5, 0.6) is 0 Å². The van der Waals surface area contributed by atoms with Gasteiger partial charge < -0.3 is 10.2 Å². The van der Waals surface area contributed by atoms with Gasteiger partial charge in [-0.15, -0.1) is 0 Å². The lowest BCUT2D eigenvalue weighted by Crippen LogP contribution is -2.43. The van der Waals surface area contributed by atoms with Gasteiger partial charge in [-0.2, -0.15) is 60.7 Å². The van der Waals surface area contributed by atoms with Crippen molar-refractivity contribution < 1.29 is 80.1 Å². The van der Waals surface area contributed by atoms with Gasteiger partial charge >= 0.3 is 43.1 Å². The third-order valence-corrected chi connectivity index (χ3v) is 3.75. The van der Waals surface area contributed by atoms with Crippen molar-refractivity contribution in [3.8, 4) is 0 Å². The van der Waals surface area contributed by atoms with E-state index in [0.717, 1.165) is 0 Å². The van der Waals surface area contributed by atoms with Crippen LogP contribution in [-0.4, -0.2) is 71.7 Å². The van der Waals surface area contributed by atoms with Crippen LogP contribution < -0.4 is 0 Å². The van der Waals surface area contributed by atoms with E-state index < -0.39 is 49.2 Å². The van der Waals surface area contributed by atoms with E-state index in [1.165, 1.54) is 0 Å². The van der Waals surface area contributed by atoms with Crippen LogP contribution in [0.1, 0.15) is 13.3 Å². The van der Waals surface area contributed by atoms with Gasteiger partial charge in [0.1, 0.15) is 0 Å². The Morgan fingerprint density at radius 2 is 0.929 bits per heavy atom. The van der Waals surface area contributed by atoms with E-state index >= 15 is 0 Å². The van der Waals surface area contributed by atoms with Crippen LogP contribution in [0, 0.1) is 0 Å². The third kappa shape index (κ3) is 9.49. The molecule has 0 saturated carbocycles. The maximum atomic E-state index is 11.5. The van der Waals surface area contributed by atoms with Gasteiger partial charge in [-0.25, -0.2) is 0 Å². The number of aliphatic hydroxyl groups is 2. The molecule has 1 unspecified atom stereocenters. The molecule has 0 bridgehead atoms. The summed E-state index contributed by atoms with van der Waals surface area (Å²) in [7, 11) is -12.8. The first-order valence-electron chi connectivity index (χ1n) is 5.93. The molecule has 0 amide bonds. The molecule has 0 rings (SSSR count). The fraction of sp³-hybridized carbons (Fsp3) is 1.00. The molecule has 0 aromatic carbocycles. The second kappa shape index (κ2) is 10.2. The van der Waals surface area contributed by atoms with E-state index in [2.05, 4.69) is 0 Å². The summed E-state index contributed by atoms with van der Waals surface area (Å²) in [5.74, 6) is 0. The summed E-state index contributed by atoms with van der Waals surface area (Å²) in [5.41, 5.74) is 0. The van der Waals surface area contributed by atoms with E-state index in [4.69, 9.17) is 19.3 Å². The Kier molecular flexibility index (Phi) is 11.5. The van der Waals surface area contributed by atoms with E-state index in [1.54, 1.807) is 0 Å². The fourth-order valence-corrected chi connectivity index (χ4v) is 1.01. The molecule has 4 N–H and O–H groups in total. The van der Waals surface area contributed by atoms with E-state index in [9.17, 15) is 60.7 Å². The summed E-state index contributed by atoms with van der Waals surface area (Å²) in [6, 6.07) is 0. The van der Waals surface area contributed by atoms with Crippen molar-refractivity contribution in [1.29, 1.82) is 0 Å². The molecule has 1 atom stereocenters. The summed E-state index contributed by atoms with van der Waals surface area (Å²) < 4.78 is 164. The summed E-state index contributed by atoms with van der Waals surface area (Å²) in [6.07, 6.45) is -12.5. The maximum Gasteiger partial charge on any atom is 0.472 e. The van der Waals surface area contributed by atoms with Crippen LogP contribution in [0.3, 0.4) is 0 Å². The van der Waals surface area contributed by atoms with Gasteiger partial charge in [0.25, 0.3) is 0 Å². The third-order valence-electron chi connectivity index (χ3n) is 1.99. The summed E-state index contributed by atoms with van der Waals surface area (Å²) in [4.78, 5) is 0. The Hall–Kier alpha value is -0.960. The Bertz CT molecular complexity index is 609. The van der Waals surface area contributed by atoms with E-state index in [1.807, 2.05) is 6.92 Å². The zero-order valence-corrected chi connectivity index (χ0v) is 14.6. The molecule has 0 fully saturated rings. The van der Waals surface area contributed by atoms with Crippen molar-refractivity contribution in [2.45, 2.75) is 42.3 Å². The highest BCUT2D eigenvalue weighted by atomic mass is 32.2. The average Bonchev–Trinajstić information content (AvgIpc) is 2.43. The van der Waals surface area contributed by atoms with Crippen molar-refractivity contribution >= 4 is 20.2 Å². The van der Waals surface area contributed by atoms with Crippen LogP contribution in [0.25, 0.3) is 0 Å². The second-order valence-corrected chi connectivity index (χ2v) is 7.15. The molecule has 0 aliphatic carbocycles. The van der Waals surface area contributed by atoms with Crippen LogP contribution in [0.15, 0.2) is 0 Å². The van der Waals surface area contributed by atoms with Gasteiger partial charge in [0.15, 0.2) is 0 Å². The molecule has 8 nitrogen and oxygen atoms in total. The van der Waals surface area contributed by atoms with Gasteiger partial charge in [-0.1, -0.05) is 6.92 Å². The molecule has 0 aliphatic rings. The molecule has 0 spiro atoms. The number of halogens is 10. The SMILES string of the molecule is CCC(O)CO.O=S(=O)(O)C(F)(F)C(F)(F)F.O=S(=O)(O)C(F)(F)C(F)(F)F. The van der Waals surface area contributed by atoms with Crippen LogP contribution >= 0.6 is 0 Å². The Labute approximate surface area is 150 Å². The predicted molar refractivity (Wildman–Crippen MR) is 68.5 cm³/mol. The quantitative estimate of drug-likeness (QED) is 0.345. The summed E-state index contributed by atoms with van der Waals surface area (Å²) >= 11 is 0. The average molecular weight is 490 g/mol. The van der Waals surface area contributed by atoms with Crippen molar-refractivity contribution in [2.24, 2.45) is 0 Å². The largest absolute Gasteiger partial charge is 0.472 e. The van der Waals surface area contributed by atoms with Crippen LogP contribution in [0.2, 0.25) is 0 Å². The van der Waals surface area contributed by atoms with Crippen molar-refractivity contribution in [1.82, 2.24) is 0 Å². The minimum atomic E-state index is -6.42. The van der Waals surface area contributed by atoms with Crippen molar-refractivity contribution in [2.75, 3.05) is 6.61 Å². The maximum absolute atomic E-state index is 11.5. The van der Waals surface area contributed by atoms with Gasteiger partial charge in [0.2, 0.25) is 0 Å². The molecule has 0 aromatic rings. The molecule has 174 valence electrons. The van der Waals surface area contributed by atoms with E-state index in [0.29, 0.717) is 6.42 Å². The molecule has 0 saturated heterocycles. The van der Waals surface area contributed by atoms with Gasteiger partial charge in [-0.05, 0) is 6.42 Å². The molecular formula is C8H12F10O8S2. The Morgan fingerprint density at radius 3 is 0.929 bits per heavy atom. The molecule has 0 aromatic heterocycles. The number of rotatable bonds is 4. The second-order valence-electron chi connectivity index (χ2n) is 4.22. The number of alkyl halides is 10. The van der Waals surface area contributed by atoms with Gasteiger partial charge in [-0.3, -0.25) is 9.11 Å². The minimum Gasteiger partial charge on any atom is -0.394 e. The zero-order chi connectivity index (χ0) is 24.0. The molecule has 0 heterocycles. The summed E-state index contributed by atoms with van der Waals surface area (Å²) in [5, 5.41) is 4.31. The molecule has 0 radical (unpaired) electrons. The number of aliphatic hydroxyl groups excluding tert-OH is 2. The fourth-order valence-electron chi connectivity index (χ4n) is 0.422. The lowest BCUT2D eigenvalue weighted by Gasteiger charge is -2.15. The zero-order valence-electron chi connectivity index (χ0n) is 13.0. The lowest BCUT2D eigenvalue weighted by molar-refractivity contribution is -0.243. The highest BCUT2D eigenvalue weighted by Crippen LogP contribution is 2.39. The standard InChI is InChI=1S/C4H10O2.2C2HF5O3S/c1-2-4(6)3-5;2*3-1(4,5)2(6,7)11(8,9)10/h4-6H,2-3H2,1H3;2*(H,8,9,10). The topological polar surface area (TPSA) is 149 Å². The minimum absolute atomic E-state index is 0.115. The highest BCUT2D eigenvalue weighted by molar-refractivity contribution is 7.87. The van der Waals surface area contributed by atoms with Crippen LogP contribution in [0.4, 0.5) is 43.9 Å². The first-order valence-corrected chi connectivity index (χ1v) is 8.81. The van der Waals surface area contributed by atoms with Crippen molar-refractivity contribution in [3.05, 3.63) is 0 Å². The number of hydrogen-bond donors (Lipinski definition) is 4. The Balaban J connectivity index is -0.000000351. The lowest BCUT2D eigenvalue weighted by atomic mass is 10.3. The molecule has 0 aliphatic heterocycles. The van der Waals surface area contributed by atoms with E-state index in [-0.39, 0.29) is 6.61 Å². The summed E-state index contributed by atoms with van der Waals surface area (Å²) in [6.45, 7) is 1.71. The van der Waals surface area contributed by atoms with Gasteiger partial charge in [0, 0.05) is 0 Å².